The van der Waals surface area contributed by atoms with E-state index in [4.69, 9.17) is 16.0 Å². The number of rotatable bonds is 2. The molecular formula is C21H22ClN3O3. The Morgan fingerprint density at radius 3 is 2.75 bits per heavy atom. The third-order valence-electron chi connectivity index (χ3n) is 5.08. The first-order chi connectivity index (χ1) is 13.2. The van der Waals surface area contributed by atoms with Crippen molar-refractivity contribution in [1.29, 1.82) is 0 Å². The standard InChI is InChI=1S/C21H22ClN3O3/c1-21(2,3)20-23-15-8-9-25(10-13(15)18(26)24-20)11-14-17(22)12-6-4-5-7-16(12)28-19(14)27/h4-7H,8-11H2,1-3H3,(H,23,24,26). The van der Waals surface area contributed by atoms with Crippen molar-refractivity contribution in [3.63, 3.8) is 0 Å². The van der Waals surface area contributed by atoms with Crippen LogP contribution in [0, 0.1) is 0 Å². The molecule has 1 aliphatic heterocycles. The van der Waals surface area contributed by atoms with E-state index in [1.165, 1.54) is 0 Å². The maximum atomic E-state index is 12.6. The molecule has 0 amide bonds. The summed E-state index contributed by atoms with van der Waals surface area (Å²) < 4.78 is 5.41. The first-order valence-corrected chi connectivity index (χ1v) is 9.67. The van der Waals surface area contributed by atoms with Crippen molar-refractivity contribution < 1.29 is 4.42 Å². The van der Waals surface area contributed by atoms with Gasteiger partial charge < -0.3 is 9.40 Å². The number of nitrogens with one attached hydrogen (secondary N) is 1. The van der Waals surface area contributed by atoms with Gasteiger partial charge in [-0.2, -0.15) is 0 Å². The summed E-state index contributed by atoms with van der Waals surface area (Å²) in [7, 11) is 0. The lowest BCUT2D eigenvalue weighted by atomic mass is 9.95. The number of aromatic nitrogens is 2. The van der Waals surface area contributed by atoms with Gasteiger partial charge in [-0.05, 0) is 12.1 Å². The number of hydrogen-bond donors (Lipinski definition) is 1. The third-order valence-corrected chi connectivity index (χ3v) is 5.51. The summed E-state index contributed by atoms with van der Waals surface area (Å²) >= 11 is 6.50. The molecule has 1 aromatic carbocycles. The first-order valence-electron chi connectivity index (χ1n) is 9.29. The van der Waals surface area contributed by atoms with Gasteiger partial charge in [0.2, 0.25) is 0 Å². The van der Waals surface area contributed by atoms with E-state index in [0.29, 0.717) is 59.0 Å². The number of nitrogens with zero attached hydrogens (tertiary/aromatic N) is 2. The molecule has 6 nitrogen and oxygen atoms in total. The summed E-state index contributed by atoms with van der Waals surface area (Å²) in [6.45, 7) is 7.50. The van der Waals surface area contributed by atoms with Gasteiger partial charge in [0, 0.05) is 36.9 Å². The minimum atomic E-state index is -0.440. The molecule has 4 rings (SSSR count). The molecule has 3 heterocycles. The summed E-state index contributed by atoms with van der Waals surface area (Å²) in [5.74, 6) is 0.697. The smallest absolute Gasteiger partial charge is 0.342 e. The minimum absolute atomic E-state index is 0.115. The molecule has 2 aromatic heterocycles. The summed E-state index contributed by atoms with van der Waals surface area (Å²) in [6.07, 6.45) is 0.652. The van der Waals surface area contributed by atoms with Crippen LogP contribution in [0.4, 0.5) is 0 Å². The van der Waals surface area contributed by atoms with Gasteiger partial charge in [0.05, 0.1) is 21.8 Å². The molecule has 0 spiro atoms. The zero-order valence-corrected chi connectivity index (χ0v) is 16.9. The Morgan fingerprint density at radius 1 is 1.25 bits per heavy atom. The molecule has 0 unspecified atom stereocenters. The second-order valence-corrected chi connectivity index (χ2v) is 8.61. The third kappa shape index (κ3) is 3.38. The van der Waals surface area contributed by atoms with Crippen molar-refractivity contribution in [3.8, 4) is 0 Å². The van der Waals surface area contributed by atoms with E-state index in [9.17, 15) is 9.59 Å². The molecule has 0 saturated heterocycles. The molecule has 0 fully saturated rings. The Labute approximate surface area is 167 Å². The van der Waals surface area contributed by atoms with E-state index >= 15 is 0 Å². The highest BCUT2D eigenvalue weighted by molar-refractivity contribution is 6.35. The fourth-order valence-corrected chi connectivity index (χ4v) is 3.77. The zero-order valence-electron chi connectivity index (χ0n) is 16.1. The SMILES string of the molecule is CC(C)(C)c1nc2c(c(=O)[nH]1)CN(Cc1c(Cl)c3ccccc3oc1=O)CC2. The van der Waals surface area contributed by atoms with Crippen LogP contribution < -0.4 is 11.2 Å². The second kappa shape index (κ2) is 6.87. The van der Waals surface area contributed by atoms with Crippen LogP contribution in [0.15, 0.2) is 38.3 Å². The molecule has 0 saturated carbocycles. The quantitative estimate of drug-likeness (QED) is 0.668. The average Bonchev–Trinajstić information content (AvgIpc) is 2.64. The van der Waals surface area contributed by atoms with E-state index in [2.05, 4.69) is 9.97 Å². The molecule has 1 N–H and O–H groups in total. The Morgan fingerprint density at radius 2 is 2.00 bits per heavy atom. The summed E-state index contributed by atoms with van der Waals surface area (Å²) in [6, 6.07) is 7.21. The molecule has 0 radical (unpaired) electrons. The lowest BCUT2D eigenvalue weighted by Crippen LogP contribution is -2.37. The van der Waals surface area contributed by atoms with Crippen molar-refractivity contribution in [1.82, 2.24) is 14.9 Å². The topological polar surface area (TPSA) is 79.2 Å². The van der Waals surface area contributed by atoms with Crippen LogP contribution in [-0.4, -0.2) is 21.4 Å². The summed E-state index contributed by atoms with van der Waals surface area (Å²) in [4.78, 5) is 34.7. The highest BCUT2D eigenvalue weighted by Gasteiger charge is 2.26. The van der Waals surface area contributed by atoms with Crippen LogP contribution in [0.3, 0.4) is 0 Å². The Kier molecular flexibility index (Phi) is 4.63. The number of para-hydroxylation sites is 1. The number of benzene rings is 1. The van der Waals surface area contributed by atoms with Crippen molar-refractivity contribution >= 4 is 22.6 Å². The summed E-state index contributed by atoms with van der Waals surface area (Å²) in [5, 5.41) is 1.12. The highest BCUT2D eigenvalue weighted by atomic mass is 35.5. The molecule has 28 heavy (non-hydrogen) atoms. The van der Waals surface area contributed by atoms with Gasteiger partial charge in [-0.25, -0.2) is 9.78 Å². The van der Waals surface area contributed by atoms with Crippen LogP contribution >= 0.6 is 11.6 Å². The van der Waals surface area contributed by atoms with E-state index < -0.39 is 5.63 Å². The molecule has 146 valence electrons. The lowest BCUT2D eigenvalue weighted by molar-refractivity contribution is 0.238. The lowest BCUT2D eigenvalue weighted by Gasteiger charge is -2.28. The van der Waals surface area contributed by atoms with E-state index in [1.807, 2.05) is 37.8 Å². The zero-order chi connectivity index (χ0) is 20.1. The molecule has 3 aromatic rings. The largest absolute Gasteiger partial charge is 0.422 e. The Bertz CT molecular complexity index is 1170. The van der Waals surface area contributed by atoms with Crippen molar-refractivity contribution in [2.24, 2.45) is 0 Å². The number of H-pyrrole nitrogens is 1. The normalized spacial score (nSPS) is 15.0. The fourth-order valence-electron chi connectivity index (χ4n) is 3.48. The predicted octanol–water partition coefficient (Wildman–Crippen LogP) is 3.39. The van der Waals surface area contributed by atoms with Crippen LogP contribution in [0.2, 0.25) is 5.02 Å². The minimum Gasteiger partial charge on any atom is -0.422 e. The van der Waals surface area contributed by atoms with Gasteiger partial charge in [0.15, 0.2) is 0 Å². The van der Waals surface area contributed by atoms with Gasteiger partial charge in [0.1, 0.15) is 11.4 Å². The predicted molar refractivity (Wildman–Crippen MR) is 109 cm³/mol. The Hall–Kier alpha value is -2.44. The maximum Gasteiger partial charge on any atom is 0.342 e. The van der Waals surface area contributed by atoms with E-state index in [1.54, 1.807) is 12.1 Å². The van der Waals surface area contributed by atoms with Gasteiger partial charge in [-0.15, -0.1) is 0 Å². The molecule has 1 aliphatic rings. The van der Waals surface area contributed by atoms with E-state index in [-0.39, 0.29) is 11.0 Å². The van der Waals surface area contributed by atoms with Crippen LogP contribution in [0.1, 0.15) is 43.4 Å². The number of halogens is 1. The highest BCUT2D eigenvalue weighted by Crippen LogP contribution is 2.27. The Balaban J connectivity index is 1.65. The van der Waals surface area contributed by atoms with Crippen molar-refractivity contribution in [3.05, 3.63) is 72.7 Å². The van der Waals surface area contributed by atoms with Gasteiger partial charge in [-0.3, -0.25) is 9.69 Å². The molecule has 0 atom stereocenters. The first kappa shape index (κ1) is 18.9. The maximum absolute atomic E-state index is 12.6. The van der Waals surface area contributed by atoms with Crippen molar-refractivity contribution in [2.75, 3.05) is 6.54 Å². The number of aromatic amines is 1. The van der Waals surface area contributed by atoms with Gasteiger partial charge in [0.25, 0.3) is 5.56 Å². The van der Waals surface area contributed by atoms with Gasteiger partial charge in [-0.1, -0.05) is 44.5 Å². The number of fused-ring (bicyclic) bond motifs is 2. The summed E-state index contributed by atoms with van der Waals surface area (Å²) in [5.41, 5.74) is 1.60. The fraction of sp³-hybridized carbons (Fsp3) is 0.381. The van der Waals surface area contributed by atoms with Crippen molar-refractivity contribution in [2.45, 2.75) is 45.7 Å². The second-order valence-electron chi connectivity index (χ2n) is 8.23. The van der Waals surface area contributed by atoms with Crippen LogP contribution in [0.25, 0.3) is 11.0 Å². The average molecular weight is 400 g/mol. The molecular weight excluding hydrogens is 378 g/mol. The van der Waals surface area contributed by atoms with Crippen LogP contribution in [-0.2, 0) is 24.9 Å². The molecule has 0 bridgehead atoms. The molecule has 7 heteroatoms. The number of hydrogen-bond acceptors (Lipinski definition) is 5. The molecule has 0 aliphatic carbocycles. The van der Waals surface area contributed by atoms with Gasteiger partial charge >= 0.3 is 5.63 Å². The monoisotopic (exact) mass is 399 g/mol. The van der Waals surface area contributed by atoms with E-state index in [0.717, 1.165) is 5.69 Å². The van der Waals surface area contributed by atoms with Crippen LogP contribution in [0.5, 0.6) is 0 Å².